The zero-order valence-electron chi connectivity index (χ0n) is 29.6. The van der Waals surface area contributed by atoms with Crippen LogP contribution in [0.5, 0.6) is 0 Å². The summed E-state index contributed by atoms with van der Waals surface area (Å²) < 4.78 is 79.1. The van der Waals surface area contributed by atoms with Crippen LogP contribution in [0.25, 0.3) is 6.08 Å². The summed E-state index contributed by atoms with van der Waals surface area (Å²) in [5, 5.41) is 11.7. The van der Waals surface area contributed by atoms with Gasteiger partial charge in [-0.1, -0.05) is 42.0 Å². The number of nitriles is 1. The van der Waals surface area contributed by atoms with E-state index in [1.165, 1.54) is 65.5 Å². The summed E-state index contributed by atoms with van der Waals surface area (Å²) in [7, 11) is -5.48. The number of nitrogens with zero attached hydrogens (tertiary/aromatic N) is 4. The number of phosphoric acid groups is 1. The Morgan fingerprint density at radius 1 is 1.15 bits per heavy atom. The number of ether oxygens (including phenoxy) is 3. The first-order valence-electron chi connectivity index (χ1n) is 15.7. The first kappa shape index (κ1) is 47.1. The maximum atomic E-state index is 15.8. The van der Waals surface area contributed by atoms with Gasteiger partial charge in [-0.25, -0.2) is 27.6 Å². The Kier molecular flexibility index (Phi) is 18.4. The predicted octanol–water partition coefficient (Wildman–Crippen LogP) is -0.541. The van der Waals surface area contributed by atoms with Crippen LogP contribution in [0.2, 0.25) is 5.02 Å². The molecular weight excluding hydrogens is 806 g/mol. The molecule has 0 amide bonds. The molecule has 20 heteroatoms. The molecule has 55 heavy (non-hydrogen) atoms. The number of carbonyl (C=O) groups is 1. The molecule has 0 unspecified atom stereocenters. The van der Waals surface area contributed by atoms with Crippen LogP contribution in [0.3, 0.4) is 0 Å². The molecule has 5 rings (SSSR count). The fraction of sp³-hybridized carbons (Fsp3) is 0.257. The average Bonchev–Trinajstić information content (AvgIpc) is 3.63. The van der Waals surface area contributed by atoms with Crippen LogP contribution in [-0.2, 0) is 42.1 Å². The van der Waals surface area contributed by atoms with Gasteiger partial charge in [0.1, 0.15) is 30.1 Å². The molecule has 1 fully saturated rings. The molecule has 0 bridgehead atoms. The minimum Gasteiger partial charge on any atom is -0.790 e. The Bertz CT molecular complexity index is 2080. The van der Waals surface area contributed by atoms with E-state index >= 15 is 4.39 Å². The van der Waals surface area contributed by atoms with Crippen molar-refractivity contribution in [2.45, 2.75) is 42.5 Å². The van der Waals surface area contributed by atoms with E-state index in [4.69, 9.17) is 31.1 Å². The molecular formula is C35H29ClF3N4Na2O8PS. The second kappa shape index (κ2) is 21.5. The van der Waals surface area contributed by atoms with Crippen molar-refractivity contribution in [1.82, 2.24) is 14.8 Å². The molecule has 2 heterocycles. The van der Waals surface area contributed by atoms with Crippen molar-refractivity contribution in [1.29, 1.82) is 5.26 Å². The van der Waals surface area contributed by atoms with Crippen molar-refractivity contribution in [2.24, 2.45) is 0 Å². The topological polar surface area (TPSA) is 172 Å². The smallest absolute Gasteiger partial charge is 0.790 e. The molecule has 4 aromatic rings. The number of phosphoric ester groups is 1. The molecule has 0 spiro atoms. The van der Waals surface area contributed by atoms with Crippen molar-refractivity contribution in [3.05, 3.63) is 136 Å². The summed E-state index contributed by atoms with van der Waals surface area (Å²) in [6.45, 7) is 0.733. The second-order valence-electron chi connectivity index (χ2n) is 11.5. The van der Waals surface area contributed by atoms with Crippen LogP contribution in [0.4, 0.5) is 13.2 Å². The fourth-order valence-electron chi connectivity index (χ4n) is 5.39. The van der Waals surface area contributed by atoms with Crippen LogP contribution in [0.15, 0.2) is 85.5 Å². The second-order valence-corrected chi connectivity index (χ2v) is 14.7. The van der Waals surface area contributed by atoms with Gasteiger partial charge in [0.05, 0.1) is 56.6 Å². The van der Waals surface area contributed by atoms with E-state index in [0.29, 0.717) is 6.07 Å². The fourth-order valence-corrected chi connectivity index (χ4v) is 7.26. The van der Waals surface area contributed by atoms with E-state index in [9.17, 15) is 27.9 Å². The van der Waals surface area contributed by atoms with E-state index in [1.807, 2.05) is 6.07 Å². The summed E-state index contributed by atoms with van der Waals surface area (Å²) in [5.41, 5.74) is -2.12. The quantitative estimate of drug-likeness (QED) is 0.0689. The minimum absolute atomic E-state index is 0. The monoisotopic (exact) mass is 834 g/mol. The van der Waals surface area contributed by atoms with Crippen molar-refractivity contribution in [3.63, 3.8) is 0 Å². The van der Waals surface area contributed by atoms with Crippen molar-refractivity contribution >= 4 is 43.2 Å². The number of hydrogen-bond acceptors (Lipinski definition) is 12. The maximum Gasteiger partial charge on any atom is 1.00 e. The zero-order chi connectivity index (χ0) is 38.2. The molecule has 1 saturated heterocycles. The first-order valence-corrected chi connectivity index (χ1v) is 18.4. The average molecular weight is 835 g/mol. The molecule has 1 aliphatic rings. The third-order valence-corrected chi connectivity index (χ3v) is 10.2. The zero-order valence-corrected chi connectivity index (χ0v) is 36.1. The van der Waals surface area contributed by atoms with Gasteiger partial charge >= 0.3 is 65.1 Å². The normalized spacial score (nSPS) is 17.5. The largest absolute Gasteiger partial charge is 1.00 e. The predicted molar refractivity (Wildman–Crippen MR) is 183 cm³/mol. The number of halogens is 4. The van der Waals surface area contributed by atoms with Gasteiger partial charge in [-0.2, -0.15) is 10.4 Å². The summed E-state index contributed by atoms with van der Waals surface area (Å²) in [6, 6.07) is 12.8. The van der Waals surface area contributed by atoms with E-state index in [2.05, 4.69) is 14.6 Å². The maximum absolute atomic E-state index is 15.8. The van der Waals surface area contributed by atoms with Gasteiger partial charge in [-0.3, -0.25) is 0 Å². The van der Waals surface area contributed by atoms with Gasteiger partial charge in [0.15, 0.2) is 11.9 Å². The van der Waals surface area contributed by atoms with E-state index < -0.39 is 60.2 Å². The SMILES string of the molecule is C[C@@H](SC1COC(C=CC=Cc2ccc(C#N)cc2F)OC1)[C@@](Cn1cncn1)(OC(=O)c1cccc(Cl)c1COP(=O)([O-])[O-])c1ccc(F)cc1F.[Na+].[Na+]. The Balaban J connectivity index is 0.00000406. The number of carbonyl (C=O) groups excluding carboxylic acids is 1. The van der Waals surface area contributed by atoms with Crippen molar-refractivity contribution in [3.8, 4) is 6.07 Å². The third kappa shape index (κ3) is 12.8. The number of rotatable bonds is 14. The van der Waals surface area contributed by atoms with Gasteiger partial charge < -0.3 is 33.1 Å². The summed E-state index contributed by atoms with van der Waals surface area (Å²) in [6.07, 6.45) is 8.10. The van der Waals surface area contributed by atoms with Gasteiger partial charge in [-0.05, 0) is 49.4 Å². The Hall–Kier alpha value is -2.30. The molecule has 3 aromatic carbocycles. The van der Waals surface area contributed by atoms with E-state index in [0.717, 1.165) is 18.2 Å². The minimum atomic E-state index is -5.48. The number of thioether (sulfide) groups is 1. The number of hydrogen-bond donors (Lipinski definition) is 0. The van der Waals surface area contributed by atoms with Crippen LogP contribution in [0, 0.1) is 28.8 Å². The molecule has 1 aromatic heterocycles. The van der Waals surface area contributed by atoms with Crippen LogP contribution >= 0.6 is 31.2 Å². The Labute approximate surface area is 367 Å². The van der Waals surface area contributed by atoms with E-state index in [1.54, 1.807) is 25.2 Å². The van der Waals surface area contributed by atoms with Gasteiger partial charge in [-0.15, -0.1) is 11.8 Å². The summed E-state index contributed by atoms with van der Waals surface area (Å²) in [4.78, 5) is 40.5. The molecule has 0 radical (unpaired) electrons. The number of benzene rings is 3. The molecule has 0 aliphatic carbocycles. The number of allylic oxidation sites excluding steroid dienone is 2. The number of esters is 1. The van der Waals surface area contributed by atoms with Crippen LogP contribution < -0.4 is 68.9 Å². The van der Waals surface area contributed by atoms with Crippen LogP contribution in [-0.4, -0.2) is 50.7 Å². The molecule has 12 nitrogen and oxygen atoms in total. The standard InChI is InChI=1S/C35H31ClF3N4O8PS.2Na/c1-22(53-26-16-48-33(49-17-26)8-3-2-5-24-10-9-23(15-40)13-31(24)38)35(19-43-21-41-20-42-43,29-12-11-25(37)14-32(29)39)51-34(44)27-6-4-7-30(36)28(27)18-50-52(45,46)47;;/h2-14,20-22,26,33H,16-19H2,1H3,(H2,45,46,47);;/q;2*+1/p-2/t22-,26?,33?,35-;;/m1../s1. The third-order valence-electron chi connectivity index (χ3n) is 7.96. The molecule has 278 valence electrons. The summed E-state index contributed by atoms with van der Waals surface area (Å²) in [5.74, 6) is -3.55. The van der Waals surface area contributed by atoms with Gasteiger partial charge in [0.25, 0.3) is 0 Å². The van der Waals surface area contributed by atoms with E-state index in [-0.39, 0.29) is 112 Å². The van der Waals surface area contributed by atoms with Gasteiger partial charge in [0.2, 0.25) is 0 Å². The van der Waals surface area contributed by atoms with Gasteiger partial charge in [0, 0.05) is 33.0 Å². The Morgan fingerprint density at radius 3 is 2.53 bits per heavy atom. The Morgan fingerprint density at radius 2 is 1.89 bits per heavy atom. The first-order chi connectivity index (χ1) is 25.3. The molecule has 1 aliphatic heterocycles. The molecule has 0 saturated carbocycles. The molecule has 0 N–H and O–H groups in total. The number of aromatic nitrogens is 3. The van der Waals surface area contributed by atoms with Crippen molar-refractivity contribution < 1.29 is 110 Å². The summed E-state index contributed by atoms with van der Waals surface area (Å²) >= 11 is 7.49. The van der Waals surface area contributed by atoms with Crippen molar-refractivity contribution in [2.75, 3.05) is 13.2 Å². The van der Waals surface area contributed by atoms with Crippen LogP contribution in [0.1, 0.15) is 39.5 Å². The molecule has 2 atom stereocenters.